The van der Waals surface area contributed by atoms with Crippen LogP contribution in [-0.2, 0) is 4.79 Å². The van der Waals surface area contributed by atoms with Crippen molar-refractivity contribution in [3.8, 4) is 22.4 Å². The van der Waals surface area contributed by atoms with Gasteiger partial charge in [-0.15, -0.1) is 0 Å². The first kappa shape index (κ1) is 22.1. The highest BCUT2D eigenvalue weighted by Gasteiger charge is 2.35. The van der Waals surface area contributed by atoms with Gasteiger partial charge >= 0.3 is 6.18 Å². The number of anilines is 1. The predicted molar refractivity (Wildman–Crippen MR) is 112 cm³/mol. The van der Waals surface area contributed by atoms with Gasteiger partial charge in [0.2, 0.25) is 11.9 Å². The molecule has 0 saturated heterocycles. The van der Waals surface area contributed by atoms with Crippen LogP contribution < -0.4 is 10.6 Å². The fourth-order valence-corrected chi connectivity index (χ4v) is 3.35. The second-order valence-electron chi connectivity index (χ2n) is 7.25. The summed E-state index contributed by atoms with van der Waals surface area (Å²) in [5.74, 6) is -1.78. The highest BCUT2D eigenvalue weighted by molar-refractivity contribution is 5.95. The third-order valence-corrected chi connectivity index (χ3v) is 5.02. The fourth-order valence-electron chi connectivity index (χ4n) is 3.35. The van der Waals surface area contributed by atoms with Gasteiger partial charge in [-0.05, 0) is 25.1 Å². The van der Waals surface area contributed by atoms with E-state index < -0.39 is 30.6 Å². The Balaban J connectivity index is 1.79. The molecule has 0 aromatic carbocycles. The Hall–Kier alpha value is -4.09. The lowest BCUT2D eigenvalue weighted by Crippen LogP contribution is -2.47. The molecule has 0 bridgehead atoms. The zero-order valence-corrected chi connectivity index (χ0v) is 17.1. The van der Waals surface area contributed by atoms with Gasteiger partial charge in [-0.1, -0.05) is 0 Å². The average Bonchev–Trinajstić information content (AvgIpc) is 3.20. The third-order valence-electron chi connectivity index (χ3n) is 5.02. The lowest BCUT2D eigenvalue weighted by Gasteiger charge is -2.29. The van der Waals surface area contributed by atoms with Crippen molar-refractivity contribution in [2.75, 3.05) is 11.4 Å². The monoisotopic (exact) mass is 459 g/mol. The molecular formula is C21H17F4N7O. The van der Waals surface area contributed by atoms with E-state index in [0.29, 0.717) is 22.2 Å². The molecule has 8 nitrogen and oxygen atoms in total. The van der Waals surface area contributed by atoms with Crippen LogP contribution in [0.15, 0.2) is 49.2 Å². The van der Waals surface area contributed by atoms with Crippen molar-refractivity contribution in [1.29, 1.82) is 0 Å². The second-order valence-corrected chi connectivity index (χ2v) is 7.25. The number of fused-ring (bicyclic) bond motifs is 1. The summed E-state index contributed by atoms with van der Waals surface area (Å²) in [6, 6.07) is 3.53. The number of alkyl halides is 3. The van der Waals surface area contributed by atoms with E-state index in [2.05, 4.69) is 24.9 Å². The molecule has 4 heterocycles. The smallest absolute Gasteiger partial charge is 0.368 e. The van der Waals surface area contributed by atoms with Crippen LogP contribution >= 0.6 is 0 Å². The van der Waals surface area contributed by atoms with Gasteiger partial charge in [-0.25, -0.2) is 15.0 Å². The molecule has 3 N–H and O–H groups in total. The summed E-state index contributed by atoms with van der Waals surface area (Å²) in [5, 5.41) is 0.549. The Kier molecular flexibility index (Phi) is 5.66. The van der Waals surface area contributed by atoms with Gasteiger partial charge in [-0.2, -0.15) is 17.6 Å². The molecule has 4 aromatic rings. The maximum absolute atomic E-state index is 14.1. The molecule has 0 aliphatic rings. The minimum atomic E-state index is -4.60. The molecular weight excluding hydrogens is 442 g/mol. The number of primary amides is 1. The maximum Gasteiger partial charge on any atom is 0.406 e. The number of amides is 1. The van der Waals surface area contributed by atoms with Crippen LogP contribution in [0.1, 0.15) is 6.92 Å². The summed E-state index contributed by atoms with van der Waals surface area (Å²) < 4.78 is 53.6. The Labute approximate surface area is 184 Å². The molecule has 0 spiro atoms. The van der Waals surface area contributed by atoms with Crippen molar-refractivity contribution < 1.29 is 22.4 Å². The van der Waals surface area contributed by atoms with E-state index in [1.807, 2.05) is 0 Å². The summed E-state index contributed by atoms with van der Waals surface area (Å²) in [7, 11) is 0. The number of hydrogen-bond acceptors (Lipinski definition) is 6. The Morgan fingerprint density at radius 1 is 1.21 bits per heavy atom. The molecule has 33 heavy (non-hydrogen) atoms. The van der Waals surface area contributed by atoms with E-state index in [1.165, 1.54) is 25.5 Å². The SMILES string of the molecule is C[C@H](C(N)=O)N(CC(F)(F)F)c1cncc(-c2c[nH]c3ncc(-c4cccnc4F)cc23)n1. The number of carbonyl (C=O) groups excluding carboxylic acids is 1. The number of H-pyrrole nitrogens is 1. The zero-order chi connectivity index (χ0) is 23.8. The average molecular weight is 459 g/mol. The minimum Gasteiger partial charge on any atom is -0.368 e. The lowest BCUT2D eigenvalue weighted by atomic mass is 10.1. The number of rotatable bonds is 6. The normalized spacial score (nSPS) is 12.6. The molecule has 0 saturated carbocycles. The van der Waals surface area contributed by atoms with E-state index in [9.17, 15) is 22.4 Å². The number of nitrogens with zero attached hydrogens (tertiary/aromatic N) is 5. The molecule has 0 unspecified atom stereocenters. The topological polar surface area (TPSA) is 114 Å². The van der Waals surface area contributed by atoms with E-state index >= 15 is 0 Å². The van der Waals surface area contributed by atoms with Crippen LogP contribution in [0.2, 0.25) is 0 Å². The van der Waals surface area contributed by atoms with Crippen molar-refractivity contribution in [3.05, 3.63) is 55.1 Å². The number of aromatic amines is 1. The Bertz CT molecular complexity index is 1320. The van der Waals surface area contributed by atoms with Gasteiger partial charge in [0.15, 0.2) is 0 Å². The van der Waals surface area contributed by atoms with Crippen molar-refractivity contribution in [2.45, 2.75) is 19.1 Å². The molecule has 0 aliphatic carbocycles. The second kappa shape index (κ2) is 8.45. The molecule has 12 heteroatoms. The van der Waals surface area contributed by atoms with E-state index in [-0.39, 0.29) is 17.1 Å². The van der Waals surface area contributed by atoms with E-state index in [4.69, 9.17) is 5.73 Å². The van der Waals surface area contributed by atoms with Gasteiger partial charge in [0.05, 0.1) is 18.1 Å². The highest BCUT2D eigenvalue weighted by atomic mass is 19.4. The van der Waals surface area contributed by atoms with Gasteiger partial charge in [0.25, 0.3) is 0 Å². The number of nitrogens with two attached hydrogens (primary N) is 1. The summed E-state index contributed by atoms with van der Waals surface area (Å²) in [4.78, 5) is 31.5. The molecule has 0 fully saturated rings. The van der Waals surface area contributed by atoms with Crippen molar-refractivity contribution in [2.24, 2.45) is 5.73 Å². The molecule has 4 aromatic heterocycles. The van der Waals surface area contributed by atoms with Gasteiger partial charge in [0, 0.05) is 40.7 Å². The van der Waals surface area contributed by atoms with Gasteiger partial charge in [-0.3, -0.25) is 9.78 Å². The third kappa shape index (κ3) is 4.59. The van der Waals surface area contributed by atoms with Crippen molar-refractivity contribution in [1.82, 2.24) is 24.9 Å². The van der Waals surface area contributed by atoms with Gasteiger partial charge < -0.3 is 15.6 Å². The van der Waals surface area contributed by atoms with Crippen LogP contribution in [0.5, 0.6) is 0 Å². The Morgan fingerprint density at radius 2 is 2.00 bits per heavy atom. The maximum atomic E-state index is 14.1. The summed E-state index contributed by atoms with van der Waals surface area (Å²) >= 11 is 0. The molecule has 1 amide bonds. The number of halogens is 4. The van der Waals surface area contributed by atoms with Gasteiger partial charge in [0.1, 0.15) is 24.1 Å². The van der Waals surface area contributed by atoms with Crippen molar-refractivity contribution >= 4 is 22.8 Å². The summed E-state index contributed by atoms with van der Waals surface area (Å²) in [6.45, 7) is -0.179. The predicted octanol–water partition coefficient (Wildman–Crippen LogP) is 3.46. The first-order valence-corrected chi connectivity index (χ1v) is 9.67. The first-order valence-electron chi connectivity index (χ1n) is 9.67. The highest BCUT2D eigenvalue weighted by Crippen LogP contribution is 2.32. The zero-order valence-electron chi connectivity index (χ0n) is 17.1. The molecule has 4 rings (SSSR count). The van der Waals surface area contributed by atoms with Crippen LogP contribution in [-0.4, -0.2) is 49.6 Å². The lowest BCUT2D eigenvalue weighted by molar-refractivity contribution is -0.125. The number of hydrogen-bond donors (Lipinski definition) is 2. The number of aromatic nitrogens is 5. The molecule has 1 atom stereocenters. The van der Waals surface area contributed by atoms with Crippen LogP contribution in [0.4, 0.5) is 23.4 Å². The summed E-state index contributed by atoms with van der Waals surface area (Å²) in [5.41, 5.74) is 7.11. The first-order chi connectivity index (χ1) is 15.6. The number of nitrogens with one attached hydrogen (secondary N) is 1. The quantitative estimate of drug-likeness (QED) is 0.337. The molecule has 170 valence electrons. The van der Waals surface area contributed by atoms with Crippen molar-refractivity contribution in [3.63, 3.8) is 0 Å². The Morgan fingerprint density at radius 3 is 2.70 bits per heavy atom. The molecule has 0 aliphatic heterocycles. The van der Waals surface area contributed by atoms with E-state index in [0.717, 1.165) is 11.1 Å². The van der Waals surface area contributed by atoms with Crippen LogP contribution in [0, 0.1) is 5.95 Å². The largest absolute Gasteiger partial charge is 0.406 e. The standard InChI is InChI=1S/C21H17F4N7O/c1-11(19(26)33)32(10-21(23,24)25)17-9-27-8-16(31-17)15-7-30-20-14(15)5-12(6-29-20)13-3-2-4-28-18(13)22/h2-9,11H,10H2,1H3,(H2,26,33)(H,29,30)/t11-/m1/s1. The molecule has 0 radical (unpaired) electrons. The number of pyridine rings is 2. The number of carbonyl (C=O) groups is 1. The minimum absolute atomic E-state index is 0.173. The van der Waals surface area contributed by atoms with E-state index in [1.54, 1.807) is 24.4 Å². The van der Waals surface area contributed by atoms with Crippen LogP contribution in [0.25, 0.3) is 33.4 Å². The summed E-state index contributed by atoms with van der Waals surface area (Å²) in [6.07, 6.45) is 2.26. The van der Waals surface area contributed by atoms with Crippen LogP contribution in [0.3, 0.4) is 0 Å². The fraction of sp³-hybridized carbons (Fsp3) is 0.190.